The first-order valence-corrected chi connectivity index (χ1v) is 12.4. The molecule has 196 valence electrons. The lowest BCUT2D eigenvalue weighted by atomic mass is 9.95. The predicted molar refractivity (Wildman–Crippen MR) is 137 cm³/mol. The molecule has 3 atom stereocenters. The molecule has 0 spiro atoms. The van der Waals surface area contributed by atoms with E-state index >= 15 is 0 Å². The van der Waals surface area contributed by atoms with Gasteiger partial charge in [0.15, 0.2) is 0 Å². The van der Waals surface area contributed by atoms with Crippen molar-refractivity contribution in [3.05, 3.63) is 48.0 Å². The summed E-state index contributed by atoms with van der Waals surface area (Å²) in [7, 11) is 0. The van der Waals surface area contributed by atoms with Crippen LogP contribution >= 0.6 is 0 Å². The highest BCUT2D eigenvalue weighted by Crippen LogP contribution is 2.55. The third kappa shape index (κ3) is 6.74. The minimum absolute atomic E-state index is 0.0731. The van der Waals surface area contributed by atoms with E-state index in [0.717, 1.165) is 22.6 Å². The van der Waals surface area contributed by atoms with Crippen LogP contribution < -0.4 is 0 Å². The Kier molecular flexibility index (Phi) is 7.67. The number of aryl methyl sites for hydroxylation is 1. The van der Waals surface area contributed by atoms with Gasteiger partial charge in [-0.25, -0.2) is 19.5 Å². The Bertz CT molecular complexity index is 1070. The zero-order valence-electron chi connectivity index (χ0n) is 22.7. The van der Waals surface area contributed by atoms with Crippen LogP contribution in [0.1, 0.15) is 72.6 Å². The van der Waals surface area contributed by atoms with Crippen molar-refractivity contribution in [2.24, 2.45) is 11.8 Å². The van der Waals surface area contributed by atoms with E-state index < -0.39 is 28.8 Å². The van der Waals surface area contributed by atoms with Crippen molar-refractivity contribution in [2.45, 2.75) is 84.8 Å². The highest BCUT2D eigenvalue weighted by Gasteiger charge is 2.57. The minimum Gasteiger partial charge on any atom is -0.443 e. The van der Waals surface area contributed by atoms with Crippen LogP contribution in [0.25, 0.3) is 5.69 Å². The largest absolute Gasteiger partial charge is 0.443 e. The van der Waals surface area contributed by atoms with Gasteiger partial charge in [-0.3, -0.25) is 0 Å². The summed E-state index contributed by atoms with van der Waals surface area (Å²) in [6.45, 7) is 14.6. The molecule has 3 unspecified atom stereocenters. The standard InChI is InChI=1S/C28H39N3O5/c1-19-9-11-22(12-10-19)30-16-23(29-18-30)28(17-32)14-21(28)13-20(2)15-31(24(33)35-26(3,4)5)25(34)36-27(6,7)8/h9-12,16-18,20-21H,13-15H2,1-8H3. The topological polar surface area (TPSA) is 90.7 Å². The van der Waals surface area contributed by atoms with Crippen LogP contribution in [0.5, 0.6) is 0 Å². The lowest BCUT2D eigenvalue weighted by molar-refractivity contribution is -0.110. The van der Waals surface area contributed by atoms with Crippen LogP contribution in [0.3, 0.4) is 0 Å². The lowest BCUT2D eigenvalue weighted by Gasteiger charge is -2.30. The summed E-state index contributed by atoms with van der Waals surface area (Å²) in [6, 6.07) is 8.10. The Morgan fingerprint density at radius 3 is 2.17 bits per heavy atom. The summed E-state index contributed by atoms with van der Waals surface area (Å²) in [4.78, 5) is 43.4. The average Bonchev–Trinajstić information content (AvgIpc) is 3.21. The first kappa shape index (κ1) is 27.4. The van der Waals surface area contributed by atoms with Crippen molar-refractivity contribution < 1.29 is 23.9 Å². The molecule has 0 N–H and O–H groups in total. The molecule has 36 heavy (non-hydrogen) atoms. The second-order valence-electron chi connectivity index (χ2n) is 12.0. The molecule has 1 heterocycles. The zero-order chi connectivity index (χ0) is 26.9. The molecule has 1 aliphatic carbocycles. The normalized spacial score (nSPS) is 20.4. The quantitative estimate of drug-likeness (QED) is 0.447. The molecule has 1 fully saturated rings. The lowest BCUT2D eigenvalue weighted by Crippen LogP contribution is -2.45. The number of carbonyl (C=O) groups excluding carboxylic acids is 3. The summed E-state index contributed by atoms with van der Waals surface area (Å²) in [5.74, 6) is 0.00142. The van der Waals surface area contributed by atoms with Crippen molar-refractivity contribution in [2.75, 3.05) is 6.54 Å². The number of aromatic nitrogens is 2. The highest BCUT2D eigenvalue weighted by molar-refractivity contribution is 5.88. The van der Waals surface area contributed by atoms with Crippen LogP contribution in [0.2, 0.25) is 0 Å². The molecule has 0 aliphatic heterocycles. The molecule has 2 aromatic rings. The number of benzene rings is 1. The zero-order valence-corrected chi connectivity index (χ0v) is 22.7. The molecule has 0 bridgehead atoms. The first-order chi connectivity index (χ1) is 16.6. The molecule has 3 rings (SSSR count). The van der Waals surface area contributed by atoms with Crippen LogP contribution in [-0.4, -0.2) is 50.7 Å². The summed E-state index contributed by atoms with van der Waals surface area (Å²) >= 11 is 0. The predicted octanol–water partition coefficient (Wildman–Crippen LogP) is 5.84. The van der Waals surface area contributed by atoms with E-state index in [1.165, 1.54) is 5.56 Å². The molecule has 1 saturated carbocycles. The molecule has 0 saturated heterocycles. The van der Waals surface area contributed by atoms with Crippen molar-refractivity contribution in [3.63, 3.8) is 0 Å². The molecule has 2 amide bonds. The van der Waals surface area contributed by atoms with E-state index in [1.54, 1.807) is 47.9 Å². The van der Waals surface area contributed by atoms with E-state index in [1.807, 2.05) is 48.9 Å². The van der Waals surface area contributed by atoms with Crippen molar-refractivity contribution >= 4 is 18.5 Å². The Hall–Kier alpha value is -3.16. The SMILES string of the molecule is Cc1ccc(-n2cnc(C3(C=O)CC3CC(C)CN(C(=O)OC(C)(C)C)C(=O)OC(C)(C)C)c2)cc1. The second-order valence-corrected chi connectivity index (χ2v) is 12.0. The maximum absolute atomic E-state index is 12.8. The number of ether oxygens (including phenoxy) is 2. The summed E-state index contributed by atoms with van der Waals surface area (Å²) < 4.78 is 12.8. The molecule has 1 aromatic carbocycles. The number of rotatable bonds is 7. The highest BCUT2D eigenvalue weighted by atomic mass is 16.6. The number of imidazole rings is 1. The average molecular weight is 498 g/mol. The van der Waals surface area contributed by atoms with E-state index in [0.29, 0.717) is 12.8 Å². The van der Waals surface area contributed by atoms with Gasteiger partial charge in [-0.05, 0) is 85.3 Å². The number of nitrogens with zero attached hydrogens (tertiary/aromatic N) is 3. The number of hydrogen-bond acceptors (Lipinski definition) is 6. The molecule has 1 aromatic heterocycles. The van der Waals surface area contributed by atoms with Crippen LogP contribution in [0.15, 0.2) is 36.8 Å². The van der Waals surface area contributed by atoms with Gasteiger partial charge in [-0.2, -0.15) is 0 Å². The fraction of sp³-hybridized carbons (Fsp3) is 0.571. The van der Waals surface area contributed by atoms with Gasteiger partial charge < -0.3 is 18.8 Å². The van der Waals surface area contributed by atoms with Crippen molar-refractivity contribution in [1.29, 1.82) is 0 Å². The van der Waals surface area contributed by atoms with Gasteiger partial charge in [-0.1, -0.05) is 24.6 Å². The Morgan fingerprint density at radius 1 is 1.11 bits per heavy atom. The second kappa shape index (κ2) is 10.1. The van der Waals surface area contributed by atoms with E-state index in [-0.39, 0.29) is 18.4 Å². The summed E-state index contributed by atoms with van der Waals surface area (Å²) in [5, 5.41) is 0. The van der Waals surface area contributed by atoms with Gasteiger partial charge >= 0.3 is 12.2 Å². The molecule has 0 radical (unpaired) electrons. The number of hydrogen-bond donors (Lipinski definition) is 0. The third-order valence-electron chi connectivity index (χ3n) is 6.16. The van der Waals surface area contributed by atoms with Gasteiger partial charge in [0.05, 0.1) is 17.4 Å². The smallest absolute Gasteiger partial charge is 0.419 e. The van der Waals surface area contributed by atoms with E-state index in [9.17, 15) is 14.4 Å². The number of carbonyl (C=O) groups is 3. The van der Waals surface area contributed by atoms with Crippen LogP contribution in [0, 0.1) is 18.8 Å². The molecular formula is C28H39N3O5. The fourth-order valence-corrected chi connectivity index (χ4v) is 4.31. The summed E-state index contributed by atoms with van der Waals surface area (Å²) in [6.07, 6.45) is 4.50. The van der Waals surface area contributed by atoms with Gasteiger partial charge in [0.2, 0.25) is 0 Å². The van der Waals surface area contributed by atoms with E-state index in [2.05, 4.69) is 4.98 Å². The van der Waals surface area contributed by atoms with E-state index in [4.69, 9.17) is 9.47 Å². The van der Waals surface area contributed by atoms with Gasteiger partial charge in [0.1, 0.15) is 17.5 Å². The van der Waals surface area contributed by atoms with Crippen molar-refractivity contribution in [3.8, 4) is 5.69 Å². The monoisotopic (exact) mass is 497 g/mol. The number of imide groups is 1. The number of amides is 2. The van der Waals surface area contributed by atoms with Gasteiger partial charge in [0.25, 0.3) is 0 Å². The van der Waals surface area contributed by atoms with Crippen LogP contribution in [-0.2, 0) is 19.7 Å². The van der Waals surface area contributed by atoms with Gasteiger partial charge in [0, 0.05) is 18.4 Å². The third-order valence-corrected chi connectivity index (χ3v) is 6.16. The number of aldehydes is 1. The van der Waals surface area contributed by atoms with Gasteiger partial charge in [-0.15, -0.1) is 0 Å². The fourth-order valence-electron chi connectivity index (χ4n) is 4.31. The Labute approximate surface area is 214 Å². The Morgan fingerprint density at radius 2 is 1.67 bits per heavy atom. The molecule has 1 aliphatic rings. The Balaban J connectivity index is 1.70. The molecule has 8 heteroatoms. The molecule has 8 nitrogen and oxygen atoms in total. The maximum atomic E-state index is 12.8. The minimum atomic E-state index is -0.750. The maximum Gasteiger partial charge on any atom is 0.419 e. The summed E-state index contributed by atoms with van der Waals surface area (Å²) in [5.41, 5.74) is 0.752. The first-order valence-electron chi connectivity index (χ1n) is 12.4. The molecular weight excluding hydrogens is 458 g/mol. The van der Waals surface area contributed by atoms with Crippen LogP contribution in [0.4, 0.5) is 9.59 Å². The van der Waals surface area contributed by atoms with Crippen molar-refractivity contribution in [1.82, 2.24) is 14.5 Å².